The van der Waals surface area contributed by atoms with E-state index >= 15 is 0 Å². The van der Waals surface area contributed by atoms with E-state index in [9.17, 15) is 4.91 Å². The van der Waals surface area contributed by atoms with Crippen LogP contribution in [-0.4, -0.2) is 23.4 Å². The van der Waals surface area contributed by atoms with Crippen molar-refractivity contribution in [2.45, 2.75) is 32.6 Å². The zero-order valence-electron chi connectivity index (χ0n) is 6.50. The fraction of sp³-hybridized carbons (Fsp3) is 1.00. The number of ether oxygens (including phenoxy) is 1. The van der Waals surface area contributed by atoms with Crippen LogP contribution in [0.1, 0.15) is 20.8 Å². The molecule has 0 bridgehead atoms. The van der Waals surface area contributed by atoms with Gasteiger partial charge in [0.05, 0.1) is 17.9 Å². The molecule has 0 N–H and O–H groups in total. The van der Waals surface area contributed by atoms with Crippen molar-refractivity contribution in [1.29, 1.82) is 0 Å². The summed E-state index contributed by atoms with van der Waals surface area (Å²) in [6, 6.07) is 0. The molecule has 1 saturated heterocycles. The molecule has 1 aliphatic rings. The van der Waals surface area contributed by atoms with E-state index in [0.717, 1.165) is 0 Å². The summed E-state index contributed by atoms with van der Waals surface area (Å²) in [5, 5.41) is 4.26. The van der Waals surface area contributed by atoms with Gasteiger partial charge in [-0.3, -0.25) is 0 Å². The third-order valence-electron chi connectivity index (χ3n) is 1.64. The van der Waals surface area contributed by atoms with Crippen LogP contribution in [-0.2, 0) is 4.74 Å². The van der Waals surface area contributed by atoms with E-state index in [4.69, 9.17) is 4.74 Å². The van der Waals surface area contributed by atoms with Gasteiger partial charge in [0.25, 0.3) is 0 Å². The Morgan fingerprint density at radius 3 is 2.50 bits per heavy atom. The average Bonchev–Trinajstić information content (AvgIpc) is 2.04. The predicted molar refractivity (Wildman–Crippen MR) is 37.1 cm³/mol. The summed E-state index contributed by atoms with van der Waals surface area (Å²) in [7, 11) is 0. The molecule has 0 aromatic heterocycles. The van der Waals surface area contributed by atoms with Gasteiger partial charge in [0.1, 0.15) is 0 Å². The zero-order chi connectivity index (χ0) is 7.78. The van der Waals surface area contributed by atoms with Gasteiger partial charge in [-0.25, -0.2) is 5.01 Å². The summed E-state index contributed by atoms with van der Waals surface area (Å²) >= 11 is 0. The third kappa shape index (κ3) is 1.11. The van der Waals surface area contributed by atoms with Gasteiger partial charge in [-0.1, -0.05) is 0 Å². The summed E-state index contributed by atoms with van der Waals surface area (Å²) in [4.78, 5) is 10.2. The molecule has 0 aromatic carbocycles. The van der Waals surface area contributed by atoms with Crippen LogP contribution in [0.4, 0.5) is 0 Å². The van der Waals surface area contributed by atoms with E-state index in [1.807, 2.05) is 20.8 Å². The second-order valence-corrected chi connectivity index (χ2v) is 3.04. The first-order chi connectivity index (χ1) is 4.56. The van der Waals surface area contributed by atoms with Crippen molar-refractivity contribution in [3.8, 4) is 0 Å². The first kappa shape index (κ1) is 7.47. The van der Waals surface area contributed by atoms with Crippen LogP contribution < -0.4 is 0 Å². The van der Waals surface area contributed by atoms with E-state index in [1.54, 1.807) is 0 Å². The molecule has 1 heterocycles. The Morgan fingerprint density at radius 2 is 2.30 bits per heavy atom. The SMILES string of the molecule is CC1CN(N=O)[13C]([13CH3])([13CH3])O1. The minimum atomic E-state index is -0.513. The predicted octanol–water partition coefficient (Wildman–Crippen LogP) is 1.12. The van der Waals surface area contributed by atoms with Gasteiger partial charge in [0.2, 0.25) is 0 Å². The lowest BCUT2D eigenvalue weighted by atomic mass is 10.4. The van der Waals surface area contributed by atoms with Crippen molar-refractivity contribution in [2.24, 2.45) is 5.29 Å². The van der Waals surface area contributed by atoms with Gasteiger partial charge in [0, 0.05) is 0 Å². The fourth-order valence-corrected chi connectivity index (χ4v) is 1.19. The largest absolute Gasteiger partial charge is 0.350 e. The van der Waals surface area contributed by atoms with Crippen LogP contribution >= 0.6 is 0 Å². The molecule has 58 valence electrons. The smallest absolute Gasteiger partial charge is 0.154 e. The molecule has 0 saturated carbocycles. The standard InChI is InChI=1S/C6H12N2O2/c1-5-4-8(7-9)6(2,3)10-5/h5H,4H2,1-3H3/i2+1,3+1,6+1. The molecular formula is C6H12N2O2. The number of nitroso groups, excluding NO2 is 1. The van der Waals surface area contributed by atoms with Crippen LogP contribution in [0.3, 0.4) is 0 Å². The first-order valence-electron chi connectivity index (χ1n) is 3.35. The lowest BCUT2D eigenvalue weighted by molar-refractivity contribution is -0.0711. The molecule has 4 heteroatoms. The Balaban J connectivity index is 2.67. The molecule has 0 amide bonds. The molecule has 1 rings (SSSR count). The highest BCUT2D eigenvalue weighted by atomic mass is 16.7. The molecule has 0 aromatic rings. The van der Waals surface area contributed by atoms with Crippen molar-refractivity contribution < 1.29 is 4.74 Å². The Labute approximate surface area is 60.1 Å². The molecule has 10 heavy (non-hydrogen) atoms. The topological polar surface area (TPSA) is 41.9 Å². The number of nitrogens with zero attached hydrogens (tertiary/aromatic N) is 2. The van der Waals surface area contributed by atoms with Gasteiger partial charge in [0.15, 0.2) is 5.72 Å². The number of hydrogen-bond acceptors (Lipinski definition) is 3. The third-order valence-corrected chi connectivity index (χ3v) is 1.64. The molecule has 1 atom stereocenters. The molecule has 1 unspecified atom stereocenters. The fourth-order valence-electron chi connectivity index (χ4n) is 1.19. The van der Waals surface area contributed by atoms with Crippen molar-refractivity contribution in [1.82, 2.24) is 5.01 Å². The normalized spacial score (nSPS) is 30.7. The second-order valence-electron chi connectivity index (χ2n) is 3.04. The van der Waals surface area contributed by atoms with Crippen LogP contribution in [0, 0.1) is 4.91 Å². The maximum Gasteiger partial charge on any atom is 0.154 e. The molecule has 0 radical (unpaired) electrons. The highest BCUT2D eigenvalue weighted by Gasteiger charge is 2.37. The second kappa shape index (κ2) is 2.20. The van der Waals surface area contributed by atoms with Crippen LogP contribution in [0.2, 0.25) is 0 Å². The maximum atomic E-state index is 10.2. The van der Waals surface area contributed by atoms with E-state index in [0.29, 0.717) is 6.54 Å². The van der Waals surface area contributed by atoms with Crippen molar-refractivity contribution >= 4 is 0 Å². The Hall–Kier alpha value is -0.640. The molecule has 1 aliphatic heterocycles. The molecule has 0 spiro atoms. The Bertz CT molecular complexity index is 147. The lowest BCUT2D eigenvalue weighted by Gasteiger charge is -2.23. The summed E-state index contributed by atoms with van der Waals surface area (Å²) < 4.78 is 5.38. The minimum absolute atomic E-state index is 0.104. The summed E-state index contributed by atoms with van der Waals surface area (Å²) in [5.41, 5.74) is -0.513. The summed E-state index contributed by atoms with van der Waals surface area (Å²) in [6.07, 6.45) is 0.104. The van der Waals surface area contributed by atoms with Gasteiger partial charge < -0.3 is 4.74 Å². The van der Waals surface area contributed by atoms with Crippen molar-refractivity contribution in [3.05, 3.63) is 4.91 Å². The first-order valence-corrected chi connectivity index (χ1v) is 3.35. The van der Waals surface area contributed by atoms with Gasteiger partial charge >= 0.3 is 0 Å². The van der Waals surface area contributed by atoms with Crippen LogP contribution in [0.15, 0.2) is 5.29 Å². The van der Waals surface area contributed by atoms with Crippen molar-refractivity contribution in [3.63, 3.8) is 0 Å². The minimum Gasteiger partial charge on any atom is -0.350 e. The summed E-state index contributed by atoms with van der Waals surface area (Å²) in [6.45, 7) is 6.18. The average molecular weight is 147 g/mol. The number of hydrogen-bond donors (Lipinski definition) is 0. The van der Waals surface area contributed by atoms with E-state index < -0.39 is 5.72 Å². The maximum absolute atomic E-state index is 10.2. The van der Waals surface area contributed by atoms with Gasteiger partial charge in [-0.05, 0) is 20.8 Å². The molecule has 1 fully saturated rings. The van der Waals surface area contributed by atoms with Gasteiger partial charge in [-0.15, -0.1) is 4.91 Å². The Kier molecular flexibility index (Phi) is 1.64. The Morgan fingerprint density at radius 1 is 1.70 bits per heavy atom. The van der Waals surface area contributed by atoms with E-state index in [1.165, 1.54) is 5.01 Å². The lowest BCUT2D eigenvalue weighted by Crippen LogP contribution is -2.34. The number of rotatable bonds is 1. The zero-order valence-corrected chi connectivity index (χ0v) is 6.50. The molecule has 0 aliphatic carbocycles. The molecular weight excluding hydrogens is 135 g/mol. The van der Waals surface area contributed by atoms with E-state index in [2.05, 4.69) is 5.29 Å². The monoisotopic (exact) mass is 147 g/mol. The van der Waals surface area contributed by atoms with Crippen molar-refractivity contribution in [2.75, 3.05) is 6.54 Å². The van der Waals surface area contributed by atoms with Gasteiger partial charge in [-0.2, -0.15) is 0 Å². The van der Waals surface area contributed by atoms with Crippen LogP contribution in [0.5, 0.6) is 0 Å². The highest BCUT2D eigenvalue weighted by molar-refractivity contribution is 4.78. The van der Waals surface area contributed by atoms with E-state index in [-0.39, 0.29) is 6.10 Å². The molecule has 4 nitrogen and oxygen atoms in total. The van der Waals surface area contributed by atoms with Crippen LogP contribution in [0.25, 0.3) is 0 Å². The summed E-state index contributed by atoms with van der Waals surface area (Å²) in [5.74, 6) is 0. The quantitative estimate of drug-likeness (QED) is 0.412. The highest BCUT2D eigenvalue weighted by Crippen LogP contribution is 2.25.